The molecule has 0 N–H and O–H groups in total. The zero-order valence-electron chi connectivity index (χ0n) is 19.8. The molecule has 1 rings (SSSR count). The molecule has 0 unspecified atom stereocenters. The fourth-order valence-corrected chi connectivity index (χ4v) is 3.32. The first kappa shape index (κ1) is 29.9. The van der Waals surface area contributed by atoms with Gasteiger partial charge in [0.1, 0.15) is 0 Å². The zero-order chi connectivity index (χ0) is 20.2. The topological polar surface area (TPSA) is 0 Å². The summed E-state index contributed by atoms with van der Waals surface area (Å²) >= 11 is 0. The van der Waals surface area contributed by atoms with Crippen LogP contribution in [0, 0.1) is 6.92 Å². The Morgan fingerprint density at radius 3 is 1.21 bits per heavy atom. The number of halogens is 1. The van der Waals surface area contributed by atoms with E-state index >= 15 is 0 Å². The Balaban J connectivity index is 0. The minimum Gasteiger partial charge on any atom is -1.00 e. The fraction of sp³-hybridized carbons (Fsp3) is 0.769. The maximum Gasteiger partial charge on any atom is 0.0780 e. The Morgan fingerprint density at radius 2 is 0.929 bits per heavy atom. The van der Waals surface area contributed by atoms with E-state index in [1.807, 2.05) is 18.2 Å². The second-order valence-electron chi connectivity index (χ2n) is 9.26. The quantitative estimate of drug-likeness (QED) is 0.252. The van der Waals surface area contributed by atoms with E-state index in [1.54, 1.807) is 0 Å². The van der Waals surface area contributed by atoms with Crippen LogP contribution in [0.15, 0.2) is 30.3 Å². The molecule has 0 saturated heterocycles. The van der Waals surface area contributed by atoms with Crippen LogP contribution in [0.5, 0.6) is 0 Å². The molecule has 0 aromatic heterocycles. The van der Waals surface area contributed by atoms with Gasteiger partial charge in [-0.15, -0.1) is 0 Å². The molecule has 0 aliphatic heterocycles. The Hall–Kier alpha value is -0.340. The fourth-order valence-electron chi connectivity index (χ4n) is 3.32. The zero-order valence-corrected chi connectivity index (χ0v) is 21.4. The smallest absolute Gasteiger partial charge is 0.0780 e. The molecule has 0 fully saturated rings. The normalized spacial score (nSPS) is 10.8. The number of quaternary nitrogens is 1. The molecule has 0 radical (unpaired) electrons. The minimum atomic E-state index is 0. The highest BCUT2D eigenvalue weighted by molar-refractivity contribution is 5.11. The average molecular weight is 457 g/mol. The van der Waals surface area contributed by atoms with Crippen LogP contribution in [-0.4, -0.2) is 32.2 Å². The number of rotatable bonds is 15. The third-order valence-corrected chi connectivity index (χ3v) is 5.12. The van der Waals surface area contributed by atoms with E-state index in [9.17, 15) is 0 Å². The van der Waals surface area contributed by atoms with Gasteiger partial charge in [0, 0.05) is 0 Å². The number of hydrogen-bond acceptors (Lipinski definition) is 0. The first-order valence-corrected chi connectivity index (χ1v) is 11.8. The van der Waals surface area contributed by atoms with Gasteiger partial charge < -0.3 is 21.5 Å². The maximum atomic E-state index is 2.29. The summed E-state index contributed by atoms with van der Waals surface area (Å²) in [6.45, 7) is 5.71. The summed E-state index contributed by atoms with van der Waals surface area (Å²) in [5, 5.41) is 0. The summed E-state index contributed by atoms with van der Waals surface area (Å²) in [6, 6.07) is 10.3. The van der Waals surface area contributed by atoms with Crippen molar-refractivity contribution in [2.45, 2.75) is 104 Å². The third kappa shape index (κ3) is 25.7. The molecule has 0 aliphatic carbocycles. The number of hydrogen-bond donors (Lipinski definition) is 0. The molecule has 28 heavy (non-hydrogen) atoms. The lowest BCUT2D eigenvalue weighted by Crippen LogP contribution is -3.00. The molecule has 0 amide bonds. The van der Waals surface area contributed by atoms with Crippen LogP contribution < -0.4 is 17.0 Å². The van der Waals surface area contributed by atoms with Crippen LogP contribution in [0.2, 0.25) is 0 Å². The van der Waals surface area contributed by atoms with E-state index < -0.39 is 0 Å². The molecule has 0 spiro atoms. The summed E-state index contributed by atoms with van der Waals surface area (Å²) < 4.78 is 1.12. The van der Waals surface area contributed by atoms with Crippen molar-refractivity contribution in [3.05, 3.63) is 35.9 Å². The summed E-state index contributed by atoms with van der Waals surface area (Å²) in [4.78, 5) is 0. The van der Waals surface area contributed by atoms with Crippen molar-refractivity contribution in [1.29, 1.82) is 0 Å². The third-order valence-electron chi connectivity index (χ3n) is 5.12. The molecule has 1 nitrogen and oxygen atoms in total. The van der Waals surface area contributed by atoms with Crippen molar-refractivity contribution in [2.24, 2.45) is 0 Å². The van der Waals surface area contributed by atoms with Crippen molar-refractivity contribution in [2.75, 3.05) is 27.7 Å². The van der Waals surface area contributed by atoms with E-state index in [1.165, 1.54) is 102 Å². The van der Waals surface area contributed by atoms with Crippen LogP contribution >= 0.6 is 0 Å². The van der Waals surface area contributed by atoms with Crippen LogP contribution in [0.4, 0.5) is 0 Å². The molecule has 0 atom stereocenters. The van der Waals surface area contributed by atoms with Crippen molar-refractivity contribution in [3.8, 4) is 0 Å². The summed E-state index contributed by atoms with van der Waals surface area (Å²) in [6.07, 6.45) is 20.4. The van der Waals surface area contributed by atoms with Gasteiger partial charge in [0.15, 0.2) is 0 Å². The van der Waals surface area contributed by atoms with E-state index in [0.29, 0.717) is 0 Å². The number of aryl methyl sites for hydroxylation is 1. The molecule has 1 aromatic rings. The van der Waals surface area contributed by atoms with E-state index in [-0.39, 0.29) is 17.0 Å². The lowest BCUT2D eigenvalue weighted by Gasteiger charge is -2.23. The van der Waals surface area contributed by atoms with Crippen molar-refractivity contribution < 1.29 is 21.5 Å². The highest BCUT2D eigenvalue weighted by Gasteiger charge is 2.04. The Kier molecular flexibility index (Phi) is 22.8. The number of benzene rings is 1. The van der Waals surface area contributed by atoms with Gasteiger partial charge in [-0.3, -0.25) is 0 Å². The lowest BCUT2D eigenvalue weighted by molar-refractivity contribution is -0.870. The number of unbranched alkanes of at least 4 members (excludes halogenated alkanes) is 13. The summed E-state index contributed by atoms with van der Waals surface area (Å²) in [5.74, 6) is 0. The van der Waals surface area contributed by atoms with Gasteiger partial charge in [0.05, 0.1) is 27.7 Å². The van der Waals surface area contributed by atoms with Crippen molar-refractivity contribution in [1.82, 2.24) is 0 Å². The monoisotopic (exact) mass is 455 g/mol. The largest absolute Gasteiger partial charge is 1.00 e. The molecular formula is C26H50BrN. The second kappa shape index (κ2) is 21.4. The van der Waals surface area contributed by atoms with Crippen LogP contribution in [0.3, 0.4) is 0 Å². The first-order valence-electron chi connectivity index (χ1n) is 11.8. The standard InChI is InChI=1S/C19H42N.C7H8.BrH/c1-5-6-7-8-9-10-11-12-13-14-15-16-17-18-19-20(2,3)4;1-7-5-3-2-4-6-7;/h5-19H2,1-4H3;2-6H,1H3;1H/q+1;;/p-1. The highest BCUT2D eigenvalue weighted by atomic mass is 79.9. The van der Waals surface area contributed by atoms with Crippen molar-refractivity contribution in [3.63, 3.8) is 0 Å². The highest BCUT2D eigenvalue weighted by Crippen LogP contribution is 2.13. The molecule has 2 heteroatoms. The van der Waals surface area contributed by atoms with Gasteiger partial charge in [0.2, 0.25) is 0 Å². The molecular weight excluding hydrogens is 406 g/mol. The first-order chi connectivity index (χ1) is 13.0. The van der Waals surface area contributed by atoms with Gasteiger partial charge >= 0.3 is 0 Å². The van der Waals surface area contributed by atoms with Crippen LogP contribution in [0.1, 0.15) is 102 Å². The Bertz CT molecular complexity index is 397. The van der Waals surface area contributed by atoms with E-state index in [2.05, 4.69) is 47.1 Å². The molecule has 1 aromatic carbocycles. The van der Waals surface area contributed by atoms with E-state index in [0.717, 1.165) is 4.48 Å². The predicted molar refractivity (Wildman–Crippen MR) is 124 cm³/mol. The Labute approximate surface area is 188 Å². The predicted octanol–water partition coefficient (Wildman–Crippen LogP) is 5.17. The van der Waals surface area contributed by atoms with Gasteiger partial charge in [-0.2, -0.15) is 0 Å². The number of nitrogens with zero attached hydrogens (tertiary/aromatic N) is 1. The molecule has 0 heterocycles. The van der Waals surface area contributed by atoms with Crippen LogP contribution in [-0.2, 0) is 0 Å². The Morgan fingerprint density at radius 1 is 0.571 bits per heavy atom. The second-order valence-corrected chi connectivity index (χ2v) is 9.26. The summed E-state index contributed by atoms with van der Waals surface area (Å²) in [7, 11) is 6.88. The van der Waals surface area contributed by atoms with Gasteiger partial charge in [0.25, 0.3) is 0 Å². The van der Waals surface area contributed by atoms with Gasteiger partial charge in [-0.25, -0.2) is 0 Å². The molecule has 166 valence electrons. The van der Waals surface area contributed by atoms with Crippen molar-refractivity contribution >= 4 is 0 Å². The molecule has 0 bridgehead atoms. The van der Waals surface area contributed by atoms with Gasteiger partial charge in [-0.1, -0.05) is 120 Å². The minimum absolute atomic E-state index is 0. The lowest BCUT2D eigenvalue weighted by atomic mass is 10.0. The van der Waals surface area contributed by atoms with Gasteiger partial charge in [-0.05, 0) is 19.8 Å². The van der Waals surface area contributed by atoms with E-state index in [4.69, 9.17) is 0 Å². The van der Waals surface area contributed by atoms with Crippen LogP contribution in [0.25, 0.3) is 0 Å². The summed E-state index contributed by atoms with van der Waals surface area (Å²) in [5.41, 5.74) is 1.32. The molecule has 0 saturated carbocycles. The molecule has 0 aliphatic rings. The SMILES string of the molecule is CCCCCCCCCCCCCCCC[N+](C)(C)C.Cc1ccccc1.[Br-]. The average Bonchev–Trinajstić information content (AvgIpc) is 2.62. The maximum absolute atomic E-state index is 2.29.